The molecule has 19 heavy (non-hydrogen) atoms. The zero-order chi connectivity index (χ0) is 13.3. The van der Waals surface area contributed by atoms with E-state index < -0.39 is 0 Å². The minimum atomic E-state index is 0.103. The normalized spacial score (nSPS) is 26.2. The van der Waals surface area contributed by atoms with Gasteiger partial charge in [0.2, 0.25) is 5.91 Å². The number of nitrogens with one attached hydrogen (secondary N) is 1. The van der Waals surface area contributed by atoms with E-state index in [0.717, 1.165) is 18.9 Å². The molecule has 3 nitrogen and oxygen atoms in total. The van der Waals surface area contributed by atoms with Crippen LogP contribution < -0.4 is 5.32 Å². The Balaban J connectivity index is 1.60. The molecule has 0 heterocycles. The maximum Gasteiger partial charge on any atom is 0.224 e. The molecule has 1 amide bonds. The Morgan fingerprint density at radius 1 is 1.16 bits per heavy atom. The van der Waals surface area contributed by atoms with Crippen LogP contribution in [0.25, 0.3) is 0 Å². The monoisotopic (exact) mass is 264 g/mol. The summed E-state index contributed by atoms with van der Waals surface area (Å²) in [6, 6.07) is 0.589. The first-order valence-corrected chi connectivity index (χ1v) is 8.21. The van der Waals surface area contributed by atoms with Gasteiger partial charge in [0.15, 0.2) is 0 Å². The van der Waals surface area contributed by atoms with Gasteiger partial charge in [0.05, 0.1) is 0 Å². The molecule has 3 aliphatic carbocycles. The lowest BCUT2D eigenvalue weighted by Gasteiger charge is -2.38. The summed E-state index contributed by atoms with van der Waals surface area (Å²) < 4.78 is 0. The average Bonchev–Trinajstić information content (AvgIpc) is 3.28. The molecule has 0 radical (unpaired) electrons. The predicted molar refractivity (Wildman–Crippen MR) is 77.0 cm³/mol. The summed E-state index contributed by atoms with van der Waals surface area (Å²) in [5, 5.41) is 3.48. The van der Waals surface area contributed by atoms with Crippen LogP contribution in [0.1, 0.15) is 64.2 Å². The number of rotatable bonds is 6. The summed E-state index contributed by atoms with van der Waals surface area (Å²) >= 11 is 0. The van der Waals surface area contributed by atoms with Crippen LogP contribution in [0.5, 0.6) is 0 Å². The second-order valence-electron chi connectivity index (χ2n) is 6.99. The molecule has 0 spiro atoms. The van der Waals surface area contributed by atoms with Crippen LogP contribution in [0.2, 0.25) is 0 Å². The van der Waals surface area contributed by atoms with Crippen molar-refractivity contribution in [2.24, 2.45) is 5.92 Å². The van der Waals surface area contributed by atoms with Gasteiger partial charge >= 0.3 is 0 Å². The lowest BCUT2D eigenvalue weighted by Crippen LogP contribution is -2.49. The molecule has 3 heteroatoms. The van der Waals surface area contributed by atoms with Crippen LogP contribution in [0.15, 0.2) is 0 Å². The lowest BCUT2D eigenvalue weighted by molar-refractivity contribution is -0.134. The minimum absolute atomic E-state index is 0.103. The van der Waals surface area contributed by atoms with Crippen molar-refractivity contribution < 1.29 is 4.79 Å². The second kappa shape index (κ2) is 5.43. The van der Waals surface area contributed by atoms with Crippen LogP contribution in [0, 0.1) is 5.92 Å². The molecule has 0 aromatic rings. The third kappa shape index (κ3) is 3.31. The van der Waals surface area contributed by atoms with Gasteiger partial charge in [0.25, 0.3) is 0 Å². The highest BCUT2D eigenvalue weighted by molar-refractivity contribution is 5.78. The van der Waals surface area contributed by atoms with Gasteiger partial charge in [0.1, 0.15) is 0 Å². The van der Waals surface area contributed by atoms with Crippen molar-refractivity contribution in [1.82, 2.24) is 10.2 Å². The number of carbonyl (C=O) groups excluding carboxylic acids is 1. The third-order valence-electron chi connectivity index (χ3n) is 5.29. The maximum absolute atomic E-state index is 12.7. The van der Waals surface area contributed by atoms with Crippen molar-refractivity contribution in [3.05, 3.63) is 0 Å². The fraction of sp³-hybridized carbons (Fsp3) is 0.938. The molecule has 0 saturated heterocycles. The summed E-state index contributed by atoms with van der Waals surface area (Å²) in [5.41, 5.74) is 0.103. The summed E-state index contributed by atoms with van der Waals surface area (Å²) in [4.78, 5) is 14.9. The van der Waals surface area contributed by atoms with Gasteiger partial charge in [-0.25, -0.2) is 0 Å². The predicted octanol–water partition coefficient (Wildman–Crippen LogP) is 2.70. The first-order valence-electron chi connectivity index (χ1n) is 8.21. The molecule has 0 atom stereocenters. The van der Waals surface area contributed by atoms with Crippen LogP contribution in [-0.2, 0) is 4.79 Å². The van der Waals surface area contributed by atoms with Crippen LogP contribution in [0.3, 0.4) is 0 Å². The number of hydrogen-bond donors (Lipinski definition) is 1. The third-order valence-corrected chi connectivity index (χ3v) is 5.29. The molecule has 0 aliphatic heterocycles. The molecule has 3 rings (SSSR count). The summed E-state index contributed by atoms with van der Waals surface area (Å²) in [6.45, 7) is 1.04. The van der Waals surface area contributed by atoms with Crippen LogP contribution in [0.4, 0.5) is 0 Å². The van der Waals surface area contributed by atoms with Gasteiger partial charge in [0, 0.05) is 24.5 Å². The molecule has 0 bridgehead atoms. The van der Waals surface area contributed by atoms with Gasteiger partial charge in [-0.3, -0.25) is 4.79 Å². The molecule has 3 saturated carbocycles. The van der Waals surface area contributed by atoms with Crippen molar-refractivity contribution in [3.8, 4) is 0 Å². The Bertz CT molecular complexity index is 328. The van der Waals surface area contributed by atoms with Crippen molar-refractivity contribution >= 4 is 5.91 Å². The highest BCUT2D eigenvalue weighted by Crippen LogP contribution is 2.37. The molecule has 0 unspecified atom stereocenters. The van der Waals surface area contributed by atoms with Crippen molar-refractivity contribution in [2.75, 3.05) is 13.6 Å². The molecular weight excluding hydrogens is 236 g/mol. The van der Waals surface area contributed by atoms with Crippen LogP contribution >= 0.6 is 0 Å². The fourth-order valence-electron chi connectivity index (χ4n) is 3.55. The van der Waals surface area contributed by atoms with Crippen molar-refractivity contribution in [1.29, 1.82) is 0 Å². The summed E-state index contributed by atoms with van der Waals surface area (Å²) in [6.07, 6.45) is 12.1. The molecule has 0 aromatic heterocycles. The molecule has 108 valence electrons. The lowest BCUT2D eigenvalue weighted by atomic mass is 9.79. The number of nitrogens with zero attached hydrogens (tertiary/aromatic N) is 1. The molecule has 3 aliphatic rings. The maximum atomic E-state index is 12.7. The standard InChI is InChI=1S/C16H28N2O/c1-17-16(9-3-2-4-10-16)11-15(19)18(14-7-8-14)12-13-5-6-13/h13-14,17H,2-12H2,1H3. The second-order valence-corrected chi connectivity index (χ2v) is 6.99. The number of carbonyl (C=O) groups is 1. The van der Waals surface area contributed by atoms with E-state index in [1.807, 2.05) is 7.05 Å². The summed E-state index contributed by atoms with van der Waals surface area (Å²) in [7, 11) is 2.04. The highest BCUT2D eigenvalue weighted by Gasteiger charge is 2.40. The highest BCUT2D eigenvalue weighted by atomic mass is 16.2. The van der Waals surface area contributed by atoms with E-state index in [1.165, 1.54) is 57.8 Å². The smallest absolute Gasteiger partial charge is 0.224 e. The largest absolute Gasteiger partial charge is 0.339 e. The Hall–Kier alpha value is -0.570. The van der Waals surface area contributed by atoms with Gasteiger partial charge in [-0.2, -0.15) is 0 Å². The number of hydrogen-bond acceptors (Lipinski definition) is 2. The van der Waals surface area contributed by atoms with E-state index in [2.05, 4.69) is 10.2 Å². The van der Waals surface area contributed by atoms with E-state index in [4.69, 9.17) is 0 Å². The summed E-state index contributed by atoms with van der Waals surface area (Å²) in [5.74, 6) is 1.24. The van der Waals surface area contributed by atoms with E-state index in [1.54, 1.807) is 0 Å². The SMILES string of the molecule is CNC1(CC(=O)N(CC2CC2)C2CC2)CCCCC1. The Labute approximate surface area is 117 Å². The first kappa shape index (κ1) is 13.4. The van der Waals surface area contributed by atoms with Crippen molar-refractivity contribution in [3.63, 3.8) is 0 Å². The Kier molecular flexibility index (Phi) is 3.84. The minimum Gasteiger partial charge on any atom is -0.339 e. The van der Waals surface area contributed by atoms with E-state index in [0.29, 0.717) is 11.9 Å². The van der Waals surface area contributed by atoms with Crippen molar-refractivity contribution in [2.45, 2.75) is 75.8 Å². The molecule has 0 aromatic carbocycles. The van der Waals surface area contributed by atoms with E-state index in [-0.39, 0.29) is 5.54 Å². The van der Waals surface area contributed by atoms with E-state index >= 15 is 0 Å². The molecular formula is C16H28N2O. The first-order chi connectivity index (χ1) is 9.22. The average molecular weight is 264 g/mol. The zero-order valence-electron chi connectivity index (χ0n) is 12.3. The topological polar surface area (TPSA) is 32.3 Å². The fourth-order valence-corrected chi connectivity index (χ4v) is 3.55. The Morgan fingerprint density at radius 2 is 1.84 bits per heavy atom. The van der Waals surface area contributed by atoms with Gasteiger partial charge < -0.3 is 10.2 Å². The molecule has 1 N–H and O–H groups in total. The quantitative estimate of drug-likeness (QED) is 0.800. The Morgan fingerprint density at radius 3 is 2.37 bits per heavy atom. The molecule has 3 fully saturated rings. The van der Waals surface area contributed by atoms with Crippen LogP contribution in [-0.4, -0.2) is 36.0 Å². The van der Waals surface area contributed by atoms with Gasteiger partial charge in [-0.1, -0.05) is 19.3 Å². The van der Waals surface area contributed by atoms with Gasteiger partial charge in [-0.15, -0.1) is 0 Å². The number of amides is 1. The van der Waals surface area contributed by atoms with E-state index in [9.17, 15) is 4.79 Å². The zero-order valence-corrected chi connectivity index (χ0v) is 12.3. The van der Waals surface area contributed by atoms with Gasteiger partial charge in [-0.05, 0) is 51.5 Å².